The molecule has 3 nitrogen and oxygen atoms in total. The van der Waals surface area contributed by atoms with Crippen LogP contribution in [0.2, 0.25) is 0 Å². The average Bonchev–Trinajstić information content (AvgIpc) is 2.46. The van der Waals surface area contributed by atoms with Crippen molar-refractivity contribution in [1.29, 1.82) is 0 Å². The minimum Gasteiger partial charge on any atom is -0.497 e. The maximum atomic E-state index is 12.3. The van der Waals surface area contributed by atoms with Gasteiger partial charge in [-0.15, -0.1) is 0 Å². The van der Waals surface area contributed by atoms with Crippen molar-refractivity contribution in [3.8, 4) is 5.75 Å². The molecule has 0 amide bonds. The van der Waals surface area contributed by atoms with Crippen LogP contribution < -0.4 is 4.74 Å². The minimum atomic E-state index is -0.180. The number of hydrogen-bond donors (Lipinski definition) is 0. The maximum absolute atomic E-state index is 12.3. The van der Waals surface area contributed by atoms with E-state index < -0.39 is 0 Å². The molecule has 0 saturated carbocycles. The molecule has 0 aliphatic carbocycles. The Kier molecular flexibility index (Phi) is 3.72. The summed E-state index contributed by atoms with van der Waals surface area (Å²) >= 11 is 0. The molecule has 1 heterocycles. The van der Waals surface area contributed by atoms with Crippen LogP contribution >= 0.6 is 0 Å². The standard InChI is InChI=1S/C15H15NO2/c1-11(12-6-8-16-9-7-12)15(17)13-4-3-5-14(10-13)18-2/h3-11H,1-2H3. The van der Waals surface area contributed by atoms with Gasteiger partial charge >= 0.3 is 0 Å². The molecule has 1 aromatic heterocycles. The van der Waals surface area contributed by atoms with Gasteiger partial charge in [-0.2, -0.15) is 0 Å². The quantitative estimate of drug-likeness (QED) is 0.772. The molecule has 2 rings (SSSR count). The fourth-order valence-corrected chi connectivity index (χ4v) is 1.83. The summed E-state index contributed by atoms with van der Waals surface area (Å²) in [6, 6.07) is 11.0. The Hall–Kier alpha value is -2.16. The van der Waals surface area contributed by atoms with E-state index in [9.17, 15) is 4.79 Å². The predicted molar refractivity (Wildman–Crippen MR) is 70.0 cm³/mol. The van der Waals surface area contributed by atoms with Crippen molar-refractivity contribution in [2.45, 2.75) is 12.8 Å². The van der Waals surface area contributed by atoms with Crippen LogP contribution in [0.4, 0.5) is 0 Å². The molecule has 0 aliphatic rings. The van der Waals surface area contributed by atoms with Gasteiger partial charge < -0.3 is 4.74 Å². The molecule has 2 aromatic rings. The molecular weight excluding hydrogens is 226 g/mol. The first-order chi connectivity index (χ1) is 8.72. The van der Waals surface area contributed by atoms with Gasteiger partial charge in [0.05, 0.1) is 7.11 Å². The van der Waals surface area contributed by atoms with Crippen LogP contribution in [0.1, 0.15) is 28.8 Å². The summed E-state index contributed by atoms with van der Waals surface area (Å²) in [7, 11) is 1.59. The number of hydrogen-bond acceptors (Lipinski definition) is 3. The van der Waals surface area contributed by atoms with Crippen molar-refractivity contribution >= 4 is 5.78 Å². The topological polar surface area (TPSA) is 39.2 Å². The van der Waals surface area contributed by atoms with Gasteiger partial charge in [0.2, 0.25) is 0 Å². The van der Waals surface area contributed by atoms with Gasteiger partial charge in [0.15, 0.2) is 5.78 Å². The number of ether oxygens (including phenoxy) is 1. The Morgan fingerprint density at radius 1 is 1.22 bits per heavy atom. The third kappa shape index (κ3) is 2.56. The van der Waals surface area contributed by atoms with E-state index in [0.717, 1.165) is 5.56 Å². The number of nitrogens with zero attached hydrogens (tertiary/aromatic N) is 1. The van der Waals surface area contributed by atoms with Crippen molar-refractivity contribution in [2.24, 2.45) is 0 Å². The Morgan fingerprint density at radius 3 is 2.61 bits per heavy atom. The number of carbonyl (C=O) groups excluding carboxylic acids is 1. The molecule has 3 heteroatoms. The second-order valence-corrected chi connectivity index (χ2v) is 4.10. The zero-order valence-electron chi connectivity index (χ0n) is 10.5. The van der Waals surface area contributed by atoms with Crippen molar-refractivity contribution in [3.63, 3.8) is 0 Å². The minimum absolute atomic E-state index is 0.0834. The maximum Gasteiger partial charge on any atom is 0.170 e. The van der Waals surface area contributed by atoms with E-state index in [1.165, 1.54) is 0 Å². The molecule has 1 aromatic carbocycles. The molecule has 0 saturated heterocycles. The number of methoxy groups -OCH3 is 1. The Morgan fingerprint density at radius 2 is 1.94 bits per heavy atom. The first kappa shape index (κ1) is 12.3. The number of Topliss-reactive ketones (excluding diaryl/α,β-unsaturated/α-hetero) is 1. The molecule has 0 N–H and O–H groups in total. The zero-order valence-corrected chi connectivity index (χ0v) is 10.5. The van der Waals surface area contributed by atoms with E-state index in [-0.39, 0.29) is 11.7 Å². The highest BCUT2D eigenvalue weighted by atomic mass is 16.5. The van der Waals surface area contributed by atoms with Gasteiger partial charge in [-0.3, -0.25) is 9.78 Å². The third-order valence-electron chi connectivity index (χ3n) is 2.95. The number of pyridine rings is 1. The first-order valence-corrected chi connectivity index (χ1v) is 5.80. The number of ketones is 1. The lowest BCUT2D eigenvalue weighted by atomic mass is 9.93. The Bertz CT molecular complexity index is 537. The summed E-state index contributed by atoms with van der Waals surface area (Å²) in [6.07, 6.45) is 3.40. The van der Waals surface area contributed by atoms with Crippen molar-refractivity contribution in [1.82, 2.24) is 4.98 Å². The van der Waals surface area contributed by atoms with Crippen molar-refractivity contribution in [3.05, 3.63) is 59.9 Å². The highest BCUT2D eigenvalue weighted by Crippen LogP contribution is 2.22. The number of benzene rings is 1. The lowest BCUT2D eigenvalue weighted by Gasteiger charge is -2.11. The van der Waals surface area contributed by atoms with E-state index in [4.69, 9.17) is 4.74 Å². The van der Waals surface area contributed by atoms with Crippen LogP contribution in [-0.2, 0) is 0 Å². The molecule has 1 atom stereocenters. The van der Waals surface area contributed by atoms with Crippen LogP contribution in [0.25, 0.3) is 0 Å². The molecule has 18 heavy (non-hydrogen) atoms. The molecule has 0 fully saturated rings. The predicted octanol–water partition coefficient (Wildman–Crippen LogP) is 3.08. The van der Waals surface area contributed by atoms with Gasteiger partial charge in [-0.05, 0) is 29.8 Å². The highest BCUT2D eigenvalue weighted by Gasteiger charge is 2.17. The summed E-state index contributed by atoms with van der Waals surface area (Å²) < 4.78 is 5.13. The van der Waals surface area contributed by atoms with Gasteiger partial charge in [-0.25, -0.2) is 0 Å². The second-order valence-electron chi connectivity index (χ2n) is 4.10. The Balaban J connectivity index is 2.25. The Labute approximate surface area is 106 Å². The van der Waals surface area contributed by atoms with Gasteiger partial charge in [0.1, 0.15) is 5.75 Å². The van der Waals surface area contributed by atoms with Crippen LogP contribution in [0.15, 0.2) is 48.8 Å². The fraction of sp³-hybridized carbons (Fsp3) is 0.200. The monoisotopic (exact) mass is 241 g/mol. The average molecular weight is 241 g/mol. The summed E-state index contributed by atoms with van der Waals surface area (Å²) in [5, 5.41) is 0. The molecular formula is C15H15NO2. The summed E-state index contributed by atoms with van der Waals surface area (Å²) in [5.74, 6) is 0.600. The fourth-order valence-electron chi connectivity index (χ4n) is 1.83. The highest BCUT2D eigenvalue weighted by molar-refractivity contribution is 6.00. The normalized spacial score (nSPS) is 11.9. The summed E-state index contributed by atoms with van der Waals surface area (Å²) in [6.45, 7) is 1.90. The molecule has 0 radical (unpaired) electrons. The van der Waals surface area contributed by atoms with Crippen LogP contribution in [-0.4, -0.2) is 17.9 Å². The number of aromatic nitrogens is 1. The SMILES string of the molecule is COc1cccc(C(=O)C(C)c2ccncc2)c1. The van der Waals surface area contributed by atoms with E-state index in [1.54, 1.807) is 25.6 Å². The number of rotatable bonds is 4. The van der Waals surface area contributed by atoms with Crippen molar-refractivity contribution < 1.29 is 9.53 Å². The summed E-state index contributed by atoms with van der Waals surface area (Å²) in [4.78, 5) is 16.3. The van der Waals surface area contributed by atoms with Crippen LogP contribution in [0.3, 0.4) is 0 Å². The lowest BCUT2D eigenvalue weighted by molar-refractivity contribution is 0.0965. The molecule has 0 spiro atoms. The van der Waals surface area contributed by atoms with Crippen LogP contribution in [0, 0.1) is 0 Å². The largest absolute Gasteiger partial charge is 0.497 e. The first-order valence-electron chi connectivity index (χ1n) is 5.80. The van der Waals surface area contributed by atoms with Gasteiger partial charge in [-0.1, -0.05) is 19.1 Å². The van der Waals surface area contributed by atoms with Gasteiger partial charge in [0, 0.05) is 23.9 Å². The third-order valence-corrected chi connectivity index (χ3v) is 2.95. The van der Waals surface area contributed by atoms with Crippen LogP contribution in [0.5, 0.6) is 5.75 Å². The van der Waals surface area contributed by atoms with E-state index in [0.29, 0.717) is 11.3 Å². The summed E-state index contributed by atoms with van der Waals surface area (Å²) in [5.41, 5.74) is 1.64. The van der Waals surface area contributed by atoms with E-state index in [2.05, 4.69) is 4.98 Å². The molecule has 1 unspecified atom stereocenters. The second kappa shape index (κ2) is 5.45. The smallest absolute Gasteiger partial charge is 0.170 e. The molecule has 0 aliphatic heterocycles. The molecule has 92 valence electrons. The molecule has 0 bridgehead atoms. The van der Waals surface area contributed by atoms with E-state index >= 15 is 0 Å². The van der Waals surface area contributed by atoms with Gasteiger partial charge in [0.25, 0.3) is 0 Å². The zero-order chi connectivity index (χ0) is 13.0. The van der Waals surface area contributed by atoms with E-state index in [1.807, 2.05) is 37.3 Å². The van der Waals surface area contributed by atoms with Crippen molar-refractivity contribution in [2.75, 3.05) is 7.11 Å². The number of carbonyl (C=O) groups is 1. The lowest BCUT2D eigenvalue weighted by Crippen LogP contribution is -2.09.